The molecule has 70 valence electrons. The Morgan fingerprint density at radius 3 is 2.33 bits per heavy atom. The van der Waals surface area contributed by atoms with E-state index in [-0.39, 0.29) is 5.41 Å². The van der Waals surface area contributed by atoms with E-state index in [4.69, 9.17) is 0 Å². The lowest BCUT2D eigenvalue weighted by Crippen LogP contribution is -2.40. The van der Waals surface area contributed by atoms with Crippen molar-refractivity contribution >= 4 is 0 Å². The van der Waals surface area contributed by atoms with Crippen molar-refractivity contribution in [1.29, 1.82) is 0 Å². The summed E-state index contributed by atoms with van der Waals surface area (Å²) in [6.45, 7) is 0. The van der Waals surface area contributed by atoms with Gasteiger partial charge in [0.1, 0.15) is 0 Å². The van der Waals surface area contributed by atoms with Crippen LogP contribution in [0, 0.1) is 11.3 Å². The SMILES string of the molecule is OC(O)C12CCCCC1CCC2. The molecule has 0 aromatic heterocycles. The second kappa shape index (κ2) is 3.00. The van der Waals surface area contributed by atoms with Crippen molar-refractivity contribution in [3.8, 4) is 0 Å². The van der Waals surface area contributed by atoms with Gasteiger partial charge >= 0.3 is 0 Å². The minimum absolute atomic E-state index is 0.0990. The molecule has 0 radical (unpaired) electrons. The Labute approximate surface area is 73.6 Å². The molecule has 0 aromatic rings. The maximum atomic E-state index is 9.39. The zero-order chi connectivity index (χ0) is 8.60. The molecule has 0 aromatic carbocycles. The third-order valence-corrected chi connectivity index (χ3v) is 3.97. The normalized spacial score (nSPS) is 41.8. The Bertz CT molecular complexity index is 167. The Morgan fingerprint density at radius 2 is 1.67 bits per heavy atom. The van der Waals surface area contributed by atoms with E-state index in [9.17, 15) is 10.2 Å². The highest BCUT2D eigenvalue weighted by Crippen LogP contribution is 2.53. The first-order valence-electron chi connectivity index (χ1n) is 5.12. The van der Waals surface area contributed by atoms with Crippen LogP contribution >= 0.6 is 0 Å². The minimum Gasteiger partial charge on any atom is -0.368 e. The fraction of sp³-hybridized carbons (Fsp3) is 1.00. The van der Waals surface area contributed by atoms with Crippen molar-refractivity contribution in [1.82, 2.24) is 0 Å². The second-order valence-corrected chi connectivity index (χ2v) is 4.44. The molecule has 2 unspecified atom stereocenters. The van der Waals surface area contributed by atoms with E-state index in [2.05, 4.69) is 0 Å². The zero-order valence-electron chi connectivity index (χ0n) is 7.50. The van der Waals surface area contributed by atoms with Gasteiger partial charge in [0.25, 0.3) is 0 Å². The van der Waals surface area contributed by atoms with Crippen LogP contribution in [0.15, 0.2) is 0 Å². The maximum absolute atomic E-state index is 9.39. The predicted octanol–water partition coefficient (Wildman–Crippen LogP) is 1.66. The van der Waals surface area contributed by atoms with Crippen molar-refractivity contribution in [2.45, 2.75) is 51.2 Å². The lowest BCUT2D eigenvalue weighted by Gasteiger charge is -2.40. The molecule has 2 saturated carbocycles. The average Bonchev–Trinajstić information content (AvgIpc) is 2.48. The Balaban J connectivity index is 2.17. The monoisotopic (exact) mass is 170 g/mol. The van der Waals surface area contributed by atoms with Crippen LogP contribution in [-0.2, 0) is 0 Å². The highest BCUT2D eigenvalue weighted by atomic mass is 16.5. The average molecular weight is 170 g/mol. The van der Waals surface area contributed by atoms with Crippen LogP contribution in [0.1, 0.15) is 44.9 Å². The van der Waals surface area contributed by atoms with Gasteiger partial charge in [0.05, 0.1) is 0 Å². The quantitative estimate of drug-likeness (QED) is 0.587. The van der Waals surface area contributed by atoms with Gasteiger partial charge in [0.2, 0.25) is 0 Å². The molecular weight excluding hydrogens is 152 g/mol. The van der Waals surface area contributed by atoms with Crippen LogP contribution in [0.3, 0.4) is 0 Å². The molecule has 0 saturated heterocycles. The summed E-state index contributed by atoms with van der Waals surface area (Å²) in [5.41, 5.74) is -0.0990. The van der Waals surface area contributed by atoms with Crippen LogP contribution in [-0.4, -0.2) is 16.5 Å². The molecule has 2 nitrogen and oxygen atoms in total. The fourth-order valence-corrected chi connectivity index (χ4v) is 3.24. The smallest absolute Gasteiger partial charge is 0.157 e. The highest BCUT2D eigenvalue weighted by molar-refractivity contribution is 4.95. The summed E-state index contributed by atoms with van der Waals surface area (Å²) in [6.07, 6.45) is 7.13. The summed E-state index contributed by atoms with van der Waals surface area (Å²) < 4.78 is 0. The third-order valence-electron chi connectivity index (χ3n) is 3.97. The molecule has 2 atom stereocenters. The lowest BCUT2D eigenvalue weighted by molar-refractivity contribution is -0.162. The van der Waals surface area contributed by atoms with Crippen LogP contribution in [0.2, 0.25) is 0 Å². The molecule has 2 fully saturated rings. The van der Waals surface area contributed by atoms with Crippen molar-refractivity contribution in [2.75, 3.05) is 0 Å². The third kappa shape index (κ3) is 1.09. The van der Waals surface area contributed by atoms with Gasteiger partial charge in [-0.1, -0.05) is 19.3 Å². The first kappa shape index (κ1) is 8.52. The van der Waals surface area contributed by atoms with Gasteiger partial charge in [-0.25, -0.2) is 0 Å². The number of aliphatic hydroxyl groups is 2. The minimum atomic E-state index is -1.06. The van der Waals surface area contributed by atoms with E-state index in [1.807, 2.05) is 0 Å². The van der Waals surface area contributed by atoms with Gasteiger partial charge in [0, 0.05) is 5.41 Å². The van der Waals surface area contributed by atoms with Crippen LogP contribution in [0.4, 0.5) is 0 Å². The molecule has 0 bridgehead atoms. The summed E-state index contributed by atoms with van der Waals surface area (Å²) in [7, 11) is 0. The molecule has 2 N–H and O–H groups in total. The second-order valence-electron chi connectivity index (χ2n) is 4.44. The molecular formula is C10H18O2. The van der Waals surface area contributed by atoms with E-state index in [1.54, 1.807) is 0 Å². The van der Waals surface area contributed by atoms with E-state index < -0.39 is 6.29 Å². The first-order chi connectivity index (χ1) is 5.76. The largest absolute Gasteiger partial charge is 0.368 e. The molecule has 2 rings (SSSR count). The molecule has 0 aliphatic heterocycles. The standard InChI is InChI=1S/C10H18O2/c11-9(12)10-6-2-1-4-8(10)5-3-7-10/h8-9,11-12H,1-7H2. The summed E-state index contributed by atoms with van der Waals surface area (Å²) in [5, 5.41) is 18.8. The first-order valence-corrected chi connectivity index (χ1v) is 5.12. The predicted molar refractivity (Wildman–Crippen MR) is 46.5 cm³/mol. The van der Waals surface area contributed by atoms with Crippen molar-refractivity contribution in [3.63, 3.8) is 0 Å². The highest BCUT2D eigenvalue weighted by Gasteiger charge is 2.48. The van der Waals surface area contributed by atoms with Gasteiger partial charge in [-0.15, -0.1) is 0 Å². The summed E-state index contributed by atoms with van der Waals surface area (Å²) in [5.74, 6) is 0.603. The fourth-order valence-electron chi connectivity index (χ4n) is 3.24. The molecule has 12 heavy (non-hydrogen) atoms. The summed E-state index contributed by atoms with van der Waals surface area (Å²) in [4.78, 5) is 0. The number of hydrogen-bond donors (Lipinski definition) is 2. The molecule has 0 heterocycles. The van der Waals surface area contributed by atoms with Crippen LogP contribution in [0.5, 0.6) is 0 Å². The number of hydrogen-bond acceptors (Lipinski definition) is 2. The number of fused-ring (bicyclic) bond motifs is 1. The van der Waals surface area contributed by atoms with Crippen molar-refractivity contribution in [2.24, 2.45) is 11.3 Å². The number of aliphatic hydroxyl groups excluding tert-OH is 1. The molecule has 2 heteroatoms. The van der Waals surface area contributed by atoms with Gasteiger partial charge in [-0.3, -0.25) is 0 Å². The molecule has 2 aliphatic carbocycles. The van der Waals surface area contributed by atoms with E-state index in [1.165, 1.54) is 32.1 Å². The van der Waals surface area contributed by atoms with Crippen LogP contribution in [0.25, 0.3) is 0 Å². The van der Waals surface area contributed by atoms with Gasteiger partial charge in [-0.05, 0) is 31.6 Å². The van der Waals surface area contributed by atoms with Crippen LogP contribution < -0.4 is 0 Å². The molecule has 2 aliphatic rings. The summed E-state index contributed by atoms with van der Waals surface area (Å²) >= 11 is 0. The van der Waals surface area contributed by atoms with E-state index in [0.717, 1.165) is 12.8 Å². The molecule has 0 spiro atoms. The summed E-state index contributed by atoms with van der Waals surface area (Å²) in [6, 6.07) is 0. The van der Waals surface area contributed by atoms with Crippen molar-refractivity contribution in [3.05, 3.63) is 0 Å². The van der Waals surface area contributed by atoms with Gasteiger partial charge < -0.3 is 10.2 Å². The zero-order valence-corrected chi connectivity index (χ0v) is 7.50. The Morgan fingerprint density at radius 1 is 1.00 bits per heavy atom. The topological polar surface area (TPSA) is 40.5 Å². The molecule has 0 amide bonds. The Hall–Kier alpha value is -0.0800. The lowest BCUT2D eigenvalue weighted by atomic mass is 9.68. The van der Waals surface area contributed by atoms with Crippen molar-refractivity contribution < 1.29 is 10.2 Å². The maximum Gasteiger partial charge on any atom is 0.157 e. The Kier molecular flexibility index (Phi) is 2.13. The number of rotatable bonds is 1. The van der Waals surface area contributed by atoms with E-state index in [0.29, 0.717) is 5.92 Å². The van der Waals surface area contributed by atoms with Gasteiger partial charge in [-0.2, -0.15) is 0 Å². The van der Waals surface area contributed by atoms with E-state index >= 15 is 0 Å². The van der Waals surface area contributed by atoms with Gasteiger partial charge in [0.15, 0.2) is 6.29 Å².